The molecule has 0 aliphatic carbocycles. The first-order valence-corrected chi connectivity index (χ1v) is 9.03. The predicted octanol–water partition coefficient (Wildman–Crippen LogP) is 3.01. The third-order valence-corrected chi connectivity index (χ3v) is 4.75. The fraction of sp³-hybridized carbons (Fsp3) is 0.350. The molecule has 0 saturated carbocycles. The van der Waals surface area contributed by atoms with Crippen LogP contribution in [0.4, 0.5) is 0 Å². The number of rotatable bonds is 8. The maximum absolute atomic E-state index is 11.5. The van der Waals surface area contributed by atoms with Crippen molar-refractivity contribution >= 4 is 17.6 Å². The van der Waals surface area contributed by atoms with Gasteiger partial charge in [0.15, 0.2) is 0 Å². The Hall–Kier alpha value is -2.08. The van der Waals surface area contributed by atoms with E-state index in [1.54, 1.807) is 18.2 Å². The van der Waals surface area contributed by atoms with Gasteiger partial charge in [-0.05, 0) is 35.7 Å². The van der Waals surface area contributed by atoms with Crippen LogP contribution in [0.2, 0.25) is 5.02 Å². The monoisotopic (exact) mass is 374 g/mol. The van der Waals surface area contributed by atoms with Gasteiger partial charge in [0.25, 0.3) is 0 Å². The molecule has 2 aromatic carbocycles. The highest BCUT2D eigenvalue weighted by Crippen LogP contribution is 2.21. The van der Waals surface area contributed by atoms with Crippen LogP contribution >= 0.6 is 11.6 Å². The number of carbonyl (C=O) groups is 1. The normalized spacial score (nSPS) is 13.9. The van der Waals surface area contributed by atoms with Gasteiger partial charge in [0.05, 0.1) is 12.7 Å². The molecule has 1 aliphatic heterocycles. The van der Waals surface area contributed by atoms with E-state index in [2.05, 4.69) is 16.7 Å². The van der Waals surface area contributed by atoms with Gasteiger partial charge in [0.1, 0.15) is 12.4 Å². The number of carbonyl (C=O) groups excluding carboxylic acids is 1. The molecule has 0 radical (unpaired) electrons. The average molecular weight is 375 g/mol. The zero-order valence-corrected chi connectivity index (χ0v) is 15.5. The van der Waals surface area contributed by atoms with Crippen LogP contribution in [0.1, 0.15) is 21.5 Å². The van der Waals surface area contributed by atoms with Gasteiger partial charge >= 0.3 is 5.97 Å². The standard InChI is InChI=1S/C20H23ClN2O3/c1-25-20(24)16-5-6-17(19(21)8-16)13-26-18-4-2-3-14(7-18)9-22-10-15-11-23-12-15/h2-8,15,22-23H,9-13H2,1H3. The van der Waals surface area contributed by atoms with Crippen molar-refractivity contribution in [3.63, 3.8) is 0 Å². The Kier molecular flexibility index (Phi) is 6.50. The highest BCUT2D eigenvalue weighted by atomic mass is 35.5. The highest BCUT2D eigenvalue weighted by Gasteiger charge is 2.15. The molecule has 138 valence electrons. The lowest BCUT2D eigenvalue weighted by Gasteiger charge is -2.27. The third kappa shape index (κ3) is 4.97. The first-order valence-electron chi connectivity index (χ1n) is 8.65. The number of halogens is 1. The molecule has 1 heterocycles. The molecule has 0 unspecified atom stereocenters. The zero-order chi connectivity index (χ0) is 18.4. The van der Waals surface area contributed by atoms with Crippen molar-refractivity contribution in [2.45, 2.75) is 13.2 Å². The van der Waals surface area contributed by atoms with E-state index in [0.717, 1.165) is 43.4 Å². The van der Waals surface area contributed by atoms with Crippen LogP contribution in [0.15, 0.2) is 42.5 Å². The first-order chi connectivity index (χ1) is 12.7. The van der Waals surface area contributed by atoms with Gasteiger partial charge in [-0.3, -0.25) is 0 Å². The molecule has 5 nitrogen and oxygen atoms in total. The van der Waals surface area contributed by atoms with Crippen molar-refractivity contribution < 1.29 is 14.3 Å². The lowest BCUT2D eigenvalue weighted by atomic mass is 10.0. The molecule has 0 aromatic heterocycles. The summed E-state index contributed by atoms with van der Waals surface area (Å²) in [6.07, 6.45) is 0. The summed E-state index contributed by atoms with van der Waals surface area (Å²) in [5, 5.41) is 7.23. The number of ether oxygens (including phenoxy) is 2. The number of esters is 1. The summed E-state index contributed by atoms with van der Waals surface area (Å²) in [6, 6.07) is 13.1. The van der Waals surface area contributed by atoms with Gasteiger partial charge in [-0.1, -0.05) is 29.8 Å². The SMILES string of the molecule is COC(=O)c1ccc(COc2cccc(CNCC3CNC3)c2)c(Cl)c1. The van der Waals surface area contributed by atoms with Crippen molar-refractivity contribution in [3.8, 4) is 5.75 Å². The van der Waals surface area contributed by atoms with Crippen molar-refractivity contribution in [1.29, 1.82) is 0 Å². The summed E-state index contributed by atoms with van der Waals surface area (Å²) < 4.78 is 10.6. The predicted molar refractivity (Wildman–Crippen MR) is 102 cm³/mol. The summed E-state index contributed by atoms with van der Waals surface area (Å²) >= 11 is 6.24. The van der Waals surface area contributed by atoms with Crippen LogP contribution in [-0.2, 0) is 17.9 Å². The molecule has 2 N–H and O–H groups in total. The van der Waals surface area contributed by atoms with E-state index in [1.807, 2.05) is 18.2 Å². The Morgan fingerprint density at radius 1 is 1.27 bits per heavy atom. The molecule has 1 aliphatic rings. The second kappa shape index (κ2) is 9.03. The topological polar surface area (TPSA) is 59.6 Å². The van der Waals surface area contributed by atoms with Crippen LogP contribution in [0.3, 0.4) is 0 Å². The fourth-order valence-electron chi connectivity index (χ4n) is 2.73. The minimum Gasteiger partial charge on any atom is -0.489 e. The number of methoxy groups -OCH3 is 1. The molecule has 2 aromatic rings. The van der Waals surface area contributed by atoms with Crippen LogP contribution < -0.4 is 15.4 Å². The Labute approximate surface area is 158 Å². The van der Waals surface area contributed by atoms with Gasteiger partial charge in [-0.2, -0.15) is 0 Å². The minimum absolute atomic E-state index is 0.338. The van der Waals surface area contributed by atoms with Gasteiger partial charge in [-0.25, -0.2) is 4.79 Å². The van der Waals surface area contributed by atoms with Crippen molar-refractivity contribution in [2.24, 2.45) is 5.92 Å². The van der Waals surface area contributed by atoms with E-state index < -0.39 is 5.97 Å². The Balaban J connectivity index is 1.54. The molecule has 26 heavy (non-hydrogen) atoms. The molecule has 6 heteroatoms. The highest BCUT2D eigenvalue weighted by molar-refractivity contribution is 6.31. The molecule has 0 spiro atoms. The number of benzene rings is 2. The average Bonchev–Trinajstić information content (AvgIpc) is 2.62. The summed E-state index contributed by atoms with van der Waals surface area (Å²) in [7, 11) is 1.35. The van der Waals surface area contributed by atoms with E-state index in [1.165, 1.54) is 12.7 Å². The quantitative estimate of drug-likeness (QED) is 0.695. The second-order valence-electron chi connectivity index (χ2n) is 6.39. The summed E-state index contributed by atoms with van der Waals surface area (Å²) in [5.74, 6) is 1.13. The van der Waals surface area contributed by atoms with E-state index >= 15 is 0 Å². The Morgan fingerprint density at radius 2 is 2.12 bits per heavy atom. The maximum atomic E-state index is 11.5. The summed E-state index contributed by atoms with van der Waals surface area (Å²) in [6.45, 7) is 4.39. The number of hydrogen-bond donors (Lipinski definition) is 2. The van der Waals surface area contributed by atoms with Crippen molar-refractivity contribution in [3.05, 3.63) is 64.2 Å². The minimum atomic E-state index is -0.405. The lowest BCUT2D eigenvalue weighted by molar-refractivity contribution is 0.0600. The van der Waals surface area contributed by atoms with Crippen molar-refractivity contribution in [2.75, 3.05) is 26.7 Å². The van der Waals surface area contributed by atoms with E-state index in [0.29, 0.717) is 17.2 Å². The lowest BCUT2D eigenvalue weighted by Crippen LogP contribution is -2.47. The Morgan fingerprint density at radius 3 is 2.81 bits per heavy atom. The molecule has 1 saturated heterocycles. The van der Waals surface area contributed by atoms with Crippen LogP contribution in [0, 0.1) is 5.92 Å². The third-order valence-electron chi connectivity index (χ3n) is 4.40. The van der Waals surface area contributed by atoms with E-state index in [4.69, 9.17) is 21.1 Å². The maximum Gasteiger partial charge on any atom is 0.337 e. The van der Waals surface area contributed by atoms with Gasteiger partial charge < -0.3 is 20.1 Å². The molecular formula is C20H23ClN2O3. The largest absolute Gasteiger partial charge is 0.489 e. The summed E-state index contributed by atoms with van der Waals surface area (Å²) in [5.41, 5.74) is 2.43. The molecule has 3 rings (SSSR count). The zero-order valence-electron chi connectivity index (χ0n) is 14.8. The van der Waals surface area contributed by atoms with Crippen LogP contribution in [0.5, 0.6) is 5.75 Å². The van der Waals surface area contributed by atoms with Gasteiger partial charge in [-0.15, -0.1) is 0 Å². The molecule has 0 atom stereocenters. The molecular weight excluding hydrogens is 352 g/mol. The molecule has 0 amide bonds. The van der Waals surface area contributed by atoms with E-state index in [9.17, 15) is 4.79 Å². The second-order valence-corrected chi connectivity index (χ2v) is 6.80. The van der Waals surface area contributed by atoms with E-state index in [-0.39, 0.29) is 0 Å². The van der Waals surface area contributed by atoms with Gasteiger partial charge in [0, 0.05) is 36.8 Å². The fourth-order valence-corrected chi connectivity index (χ4v) is 2.96. The van der Waals surface area contributed by atoms with Crippen LogP contribution in [0.25, 0.3) is 0 Å². The molecule has 1 fully saturated rings. The number of hydrogen-bond acceptors (Lipinski definition) is 5. The number of nitrogens with one attached hydrogen (secondary N) is 2. The summed E-state index contributed by atoms with van der Waals surface area (Å²) in [4.78, 5) is 11.5. The first kappa shape index (κ1) is 18.7. The van der Waals surface area contributed by atoms with Gasteiger partial charge in [0.2, 0.25) is 0 Å². The Bertz CT molecular complexity index is 762. The molecule has 0 bridgehead atoms. The van der Waals surface area contributed by atoms with Crippen molar-refractivity contribution in [1.82, 2.24) is 10.6 Å². The van der Waals surface area contributed by atoms with Crippen LogP contribution in [-0.4, -0.2) is 32.7 Å². The smallest absolute Gasteiger partial charge is 0.337 e.